The van der Waals surface area contributed by atoms with Crippen LogP contribution in [0.2, 0.25) is 0 Å². The Bertz CT molecular complexity index is 553. The largest absolute Gasteiger partial charge is 0.463 e. The van der Waals surface area contributed by atoms with Crippen molar-refractivity contribution in [3.63, 3.8) is 0 Å². The van der Waals surface area contributed by atoms with E-state index in [9.17, 15) is 9.59 Å². The van der Waals surface area contributed by atoms with Crippen molar-refractivity contribution in [3.8, 4) is 0 Å². The minimum absolute atomic E-state index is 0.325. The summed E-state index contributed by atoms with van der Waals surface area (Å²) in [6, 6.07) is 9.43. The third kappa shape index (κ3) is 7.52. The van der Waals surface area contributed by atoms with E-state index in [1.165, 1.54) is 24.5 Å². The van der Waals surface area contributed by atoms with Gasteiger partial charge in [0.1, 0.15) is 0 Å². The molecule has 0 saturated carbocycles. The number of hydrogen-bond acceptors (Lipinski definition) is 4. The molecule has 0 heterocycles. The zero-order valence-corrected chi connectivity index (χ0v) is 12.1. The summed E-state index contributed by atoms with van der Waals surface area (Å²) in [5.74, 6) is -0.914. The maximum absolute atomic E-state index is 11.5. The van der Waals surface area contributed by atoms with Gasteiger partial charge in [0, 0.05) is 12.2 Å². The van der Waals surface area contributed by atoms with Gasteiger partial charge >= 0.3 is 11.9 Å². The van der Waals surface area contributed by atoms with E-state index in [2.05, 4.69) is 0 Å². The molecule has 0 aliphatic heterocycles. The molecule has 0 radical (unpaired) electrons. The van der Waals surface area contributed by atoms with Crippen LogP contribution in [0, 0.1) is 0 Å². The van der Waals surface area contributed by atoms with Crippen LogP contribution in [-0.4, -0.2) is 18.5 Å². The number of hydrogen-bond donors (Lipinski definition) is 0. The Morgan fingerprint density at radius 2 is 1.76 bits per heavy atom. The summed E-state index contributed by atoms with van der Waals surface area (Å²) in [6.45, 7) is 3.77. The van der Waals surface area contributed by atoms with Crippen molar-refractivity contribution < 1.29 is 19.1 Å². The summed E-state index contributed by atoms with van der Waals surface area (Å²) >= 11 is 0. The second-order valence-electron chi connectivity index (χ2n) is 4.13. The van der Waals surface area contributed by atoms with E-state index in [0.717, 1.165) is 5.56 Å². The standard InChI is InChI=1S/C17H18O4/c1-3-20-16(18)11-9-14(2)13-21-17(19)12-10-15-7-5-4-6-8-15/h4-13H,3H2,1-2H3/b11-9+,12-10+,14-13+. The third-order valence-corrected chi connectivity index (χ3v) is 2.34. The second kappa shape index (κ2) is 9.31. The third-order valence-electron chi connectivity index (χ3n) is 2.34. The predicted octanol–water partition coefficient (Wildman–Crippen LogP) is 3.27. The molecule has 0 unspecified atom stereocenters. The summed E-state index contributed by atoms with van der Waals surface area (Å²) in [4.78, 5) is 22.6. The Morgan fingerprint density at radius 1 is 1.05 bits per heavy atom. The van der Waals surface area contributed by atoms with Crippen molar-refractivity contribution in [3.05, 3.63) is 66.0 Å². The monoisotopic (exact) mass is 286 g/mol. The molecule has 0 aliphatic carbocycles. The zero-order valence-electron chi connectivity index (χ0n) is 12.1. The first-order chi connectivity index (χ1) is 10.1. The minimum Gasteiger partial charge on any atom is -0.463 e. The Labute approximate surface area is 124 Å². The van der Waals surface area contributed by atoms with Crippen molar-refractivity contribution in [1.29, 1.82) is 0 Å². The van der Waals surface area contributed by atoms with Gasteiger partial charge in [-0.15, -0.1) is 0 Å². The molecule has 0 saturated heterocycles. The van der Waals surface area contributed by atoms with Crippen LogP contribution in [0.5, 0.6) is 0 Å². The van der Waals surface area contributed by atoms with Crippen LogP contribution in [0.25, 0.3) is 6.08 Å². The number of allylic oxidation sites excluding steroid dienone is 2. The van der Waals surface area contributed by atoms with E-state index < -0.39 is 11.9 Å². The first kappa shape index (κ1) is 16.4. The van der Waals surface area contributed by atoms with Gasteiger partial charge in [-0.3, -0.25) is 0 Å². The molecule has 0 atom stereocenters. The molecule has 0 amide bonds. The number of ether oxygens (including phenoxy) is 2. The molecule has 0 bridgehead atoms. The Kier molecular flexibility index (Phi) is 7.29. The number of carbonyl (C=O) groups excluding carboxylic acids is 2. The molecular formula is C17H18O4. The molecule has 21 heavy (non-hydrogen) atoms. The normalized spacial score (nSPS) is 11.8. The summed E-state index contributed by atoms with van der Waals surface area (Å²) in [5, 5.41) is 0. The second-order valence-corrected chi connectivity index (χ2v) is 4.13. The molecular weight excluding hydrogens is 268 g/mol. The zero-order chi connectivity index (χ0) is 15.5. The number of carbonyl (C=O) groups is 2. The van der Waals surface area contributed by atoms with Gasteiger partial charge in [0.2, 0.25) is 0 Å². The van der Waals surface area contributed by atoms with Gasteiger partial charge in [-0.2, -0.15) is 0 Å². The molecule has 0 spiro atoms. The van der Waals surface area contributed by atoms with Crippen LogP contribution < -0.4 is 0 Å². The van der Waals surface area contributed by atoms with E-state index in [1.54, 1.807) is 19.9 Å². The van der Waals surface area contributed by atoms with Crippen molar-refractivity contribution in [1.82, 2.24) is 0 Å². The molecule has 1 aromatic rings. The van der Waals surface area contributed by atoms with Crippen LogP contribution in [0.15, 0.2) is 60.4 Å². The summed E-state index contributed by atoms with van der Waals surface area (Å²) in [7, 11) is 0. The van der Waals surface area contributed by atoms with E-state index in [1.807, 2.05) is 30.3 Å². The van der Waals surface area contributed by atoms with Crippen LogP contribution in [-0.2, 0) is 19.1 Å². The topological polar surface area (TPSA) is 52.6 Å². The van der Waals surface area contributed by atoms with Gasteiger partial charge in [-0.1, -0.05) is 30.3 Å². The lowest BCUT2D eigenvalue weighted by Crippen LogP contribution is -1.99. The lowest BCUT2D eigenvalue weighted by Gasteiger charge is -1.97. The summed E-state index contributed by atoms with van der Waals surface area (Å²) in [5.41, 5.74) is 1.54. The number of rotatable bonds is 6. The van der Waals surface area contributed by atoms with Crippen LogP contribution in [0.3, 0.4) is 0 Å². The van der Waals surface area contributed by atoms with Crippen LogP contribution >= 0.6 is 0 Å². The SMILES string of the molecule is CCOC(=O)/C=C/C(C)=C/OC(=O)/C=C/c1ccccc1. The van der Waals surface area contributed by atoms with Crippen LogP contribution in [0.1, 0.15) is 19.4 Å². The van der Waals surface area contributed by atoms with Gasteiger partial charge < -0.3 is 9.47 Å². The summed E-state index contributed by atoms with van der Waals surface area (Å²) < 4.78 is 9.66. The van der Waals surface area contributed by atoms with Gasteiger partial charge in [-0.05, 0) is 37.1 Å². The van der Waals surface area contributed by atoms with E-state index >= 15 is 0 Å². The maximum atomic E-state index is 11.5. The average Bonchev–Trinajstić information content (AvgIpc) is 2.50. The van der Waals surface area contributed by atoms with E-state index in [0.29, 0.717) is 12.2 Å². The van der Waals surface area contributed by atoms with Gasteiger partial charge in [0.05, 0.1) is 12.9 Å². The highest BCUT2D eigenvalue weighted by Crippen LogP contribution is 2.02. The lowest BCUT2D eigenvalue weighted by atomic mass is 10.2. The van der Waals surface area contributed by atoms with Crippen molar-refractivity contribution in [2.75, 3.05) is 6.61 Å². The maximum Gasteiger partial charge on any atom is 0.335 e. The van der Waals surface area contributed by atoms with Gasteiger partial charge in [0.15, 0.2) is 0 Å². The molecule has 0 fully saturated rings. The quantitative estimate of drug-likeness (QED) is 0.348. The molecule has 0 aromatic heterocycles. The fourth-order valence-corrected chi connectivity index (χ4v) is 1.35. The molecule has 110 valence electrons. The van der Waals surface area contributed by atoms with Gasteiger partial charge in [-0.25, -0.2) is 9.59 Å². The highest BCUT2D eigenvalue weighted by Gasteiger charge is 1.96. The molecule has 0 aliphatic rings. The Morgan fingerprint density at radius 3 is 2.43 bits per heavy atom. The van der Waals surface area contributed by atoms with Crippen molar-refractivity contribution in [2.24, 2.45) is 0 Å². The van der Waals surface area contributed by atoms with Gasteiger partial charge in [0.25, 0.3) is 0 Å². The summed E-state index contributed by atoms with van der Waals surface area (Å²) in [6.07, 6.45) is 7.09. The molecule has 4 nitrogen and oxygen atoms in total. The fraction of sp³-hybridized carbons (Fsp3) is 0.176. The smallest absolute Gasteiger partial charge is 0.335 e. The van der Waals surface area contributed by atoms with Crippen molar-refractivity contribution >= 4 is 18.0 Å². The van der Waals surface area contributed by atoms with Crippen LogP contribution in [0.4, 0.5) is 0 Å². The van der Waals surface area contributed by atoms with E-state index in [-0.39, 0.29) is 0 Å². The first-order valence-corrected chi connectivity index (χ1v) is 6.57. The number of benzene rings is 1. The van der Waals surface area contributed by atoms with Crippen molar-refractivity contribution in [2.45, 2.75) is 13.8 Å². The highest BCUT2D eigenvalue weighted by molar-refractivity contribution is 5.87. The molecule has 4 heteroatoms. The first-order valence-electron chi connectivity index (χ1n) is 6.57. The highest BCUT2D eigenvalue weighted by atomic mass is 16.5. The predicted molar refractivity (Wildman–Crippen MR) is 81.1 cm³/mol. The molecule has 1 rings (SSSR count). The minimum atomic E-state index is -0.484. The average molecular weight is 286 g/mol. The molecule has 0 N–H and O–H groups in total. The number of esters is 2. The fourth-order valence-electron chi connectivity index (χ4n) is 1.35. The lowest BCUT2D eigenvalue weighted by molar-refractivity contribution is -0.137. The Hall–Kier alpha value is -2.62. The van der Waals surface area contributed by atoms with E-state index in [4.69, 9.17) is 9.47 Å². The molecule has 1 aromatic carbocycles. The Balaban J connectivity index is 2.46.